The van der Waals surface area contributed by atoms with Crippen molar-refractivity contribution in [1.82, 2.24) is 5.32 Å². The highest BCUT2D eigenvalue weighted by Crippen LogP contribution is 2.39. The number of hydrogen-bond donors (Lipinski definition) is 3. The number of anilines is 1. The third kappa shape index (κ3) is 6.11. The summed E-state index contributed by atoms with van der Waals surface area (Å²) in [6.07, 6.45) is 2.19. The third-order valence-corrected chi connectivity index (χ3v) is 5.14. The van der Waals surface area contributed by atoms with Crippen LogP contribution in [0.1, 0.15) is 30.1 Å². The average molecular weight is 434 g/mol. The fourth-order valence-electron chi connectivity index (χ4n) is 3.12. The number of amides is 2. The molecule has 1 aliphatic carbocycles. The summed E-state index contributed by atoms with van der Waals surface area (Å²) < 4.78 is 10.6. The quantitative estimate of drug-likeness (QED) is 0.564. The first kappa shape index (κ1) is 23.5. The highest BCUT2D eigenvalue weighted by molar-refractivity contribution is 5.95. The second kappa shape index (κ2) is 10.3. The molecular weight excluding hydrogens is 406 g/mol. The smallest absolute Gasteiger partial charge is 0.262 e. The van der Waals surface area contributed by atoms with E-state index >= 15 is 0 Å². The molecule has 0 radical (unpaired) electrons. The van der Waals surface area contributed by atoms with E-state index in [1.165, 1.54) is 0 Å². The molecule has 2 aromatic carbocycles. The Morgan fingerprint density at radius 2 is 1.83 bits per heavy atom. The summed E-state index contributed by atoms with van der Waals surface area (Å²) in [4.78, 5) is 24.6. The normalized spacial score (nSPS) is 14.6. The molecule has 4 N–H and O–H groups in total. The van der Waals surface area contributed by atoms with E-state index in [2.05, 4.69) is 10.6 Å². The maximum absolute atomic E-state index is 12.5. The Hall–Kier alpha value is -2.77. The lowest BCUT2D eigenvalue weighted by molar-refractivity contribution is -0.118. The summed E-state index contributed by atoms with van der Waals surface area (Å²) in [7, 11) is 1.57. The van der Waals surface area contributed by atoms with Crippen molar-refractivity contribution in [3.8, 4) is 11.5 Å². The summed E-state index contributed by atoms with van der Waals surface area (Å²) in [5.41, 5.74) is 6.64. The zero-order valence-corrected chi connectivity index (χ0v) is 18.0. The molecular formula is C22H28ClN3O4. The van der Waals surface area contributed by atoms with Crippen molar-refractivity contribution in [3.63, 3.8) is 0 Å². The highest BCUT2D eigenvalue weighted by Gasteiger charge is 2.41. The zero-order valence-electron chi connectivity index (χ0n) is 17.1. The van der Waals surface area contributed by atoms with Crippen LogP contribution in [0.3, 0.4) is 0 Å². The van der Waals surface area contributed by atoms with Crippen molar-refractivity contribution in [2.24, 2.45) is 11.7 Å². The zero-order chi connectivity index (χ0) is 20.9. The van der Waals surface area contributed by atoms with Gasteiger partial charge in [-0.15, -0.1) is 12.4 Å². The van der Waals surface area contributed by atoms with Gasteiger partial charge in [0, 0.05) is 23.9 Å². The predicted molar refractivity (Wildman–Crippen MR) is 118 cm³/mol. The summed E-state index contributed by atoms with van der Waals surface area (Å²) >= 11 is 0. The second-order valence-electron chi connectivity index (χ2n) is 7.44. The summed E-state index contributed by atoms with van der Waals surface area (Å²) in [6.45, 7) is 2.25. The fraction of sp³-hybridized carbons (Fsp3) is 0.364. The first-order valence-corrected chi connectivity index (χ1v) is 9.63. The van der Waals surface area contributed by atoms with Crippen molar-refractivity contribution < 1.29 is 19.1 Å². The molecule has 0 aliphatic heterocycles. The molecule has 1 aliphatic rings. The lowest BCUT2D eigenvalue weighted by Gasteiger charge is -2.29. The van der Waals surface area contributed by atoms with E-state index in [-0.39, 0.29) is 36.4 Å². The number of nitrogens with two attached hydrogens (primary N) is 1. The Bertz CT molecular complexity index is 871. The number of carbonyl (C=O) groups excluding carboxylic acids is 2. The number of hydrogen-bond acceptors (Lipinski definition) is 5. The van der Waals surface area contributed by atoms with Crippen molar-refractivity contribution in [1.29, 1.82) is 0 Å². The minimum Gasteiger partial charge on any atom is -0.497 e. The Balaban J connectivity index is 0.00000320. The standard InChI is InChI=1S/C22H27N3O4.ClH/c1-22(14-23,16-8-9-16)25-21(27)15-6-10-18(11-7-15)29-13-20(26)24-17-4-3-5-19(12-17)28-2;/h3-7,10-12,16H,8-9,13-14,23H2,1-2H3,(H,24,26)(H,25,27);1H. The van der Waals surface area contributed by atoms with E-state index in [1.807, 2.05) is 6.92 Å². The first-order chi connectivity index (χ1) is 13.9. The van der Waals surface area contributed by atoms with Crippen molar-refractivity contribution in [2.75, 3.05) is 25.6 Å². The molecule has 8 heteroatoms. The molecule has 1 saturated carbocycles. The first-order valence-electron chi connectivity index (χ1n) is 9.63. The van der Waals surface area contributed by atoms with Crippen molar-refractivity contribution in [2.45, 2.75) is 25.3 Å². The number of ether oxygens (including phenoxy) is 2. The average Bonchev–Trinajstić information content (AvgIpc) is 3.58. The SMILES string of the molecule is COc1cccc(NC(=O)COc2ccc(C(=O)NC(C)(CN)C3CC3)cc2)c1.Cl. The van der Waals surface area contributed by atoms with Gasteiger partial charge in [-0.3, -0.25) is 9.59 Å². The lowest BCUT2D eigenvalue weighted by atomic mass is 9.95. The molecule has 3 rings (SSSR count). The van der Waals surface area contributed by atoms with E-state index < -0.39 is 0 Å². The van der Waals surface area contributed by atoms with Gasteiger partial charge < -0.3 is 25.8 Å². The molecule has 1 atom stereocenters. The van der Waals surface area contributed by atoms with Crippen LogP contribution in [0.15, 0.2) is 48.5 Å². The number of halogens is 1. The molecule has 0 spiro atoms. The minimum atomic E-state index is -0.371. The van der Waals surface area contributed by atoms with Gasteiger partial charge in [0.25, 0.3) is 11.8 Å². The minimum absolute atomic E-state index is 0. The van der Waals surface area contributed by atoms with E-state index in [9.17, 15) is 9.59 Å². The molecule has 1 fully saturated rings. The number of carbonyl (C=O) groups is 2. The monoisotopic (exact) mass is 433 g/mol. The van der Waals surface area contributed by atoms with Gasteiger partial charge >= 0.3 is 0 Å². The molecule has 162 valence electrons. The van der Waals surface area contributed by atoms with Crippen LogP contribution in [0.25, 0.3) is 0 Å². The summed E-state index contributed by atoms with van der Waals surface area (Å²) in [5, 5.41) is 5.79. The maximum atomic E-state index is 12.5. The molecule has 0 heterocycles. The maximum Gasteiger partial charge on any atom is 0.262 e. The second-order valence-corrected chi connectivity index (χ2v) is 7.44. The molecule has 7 nitrogen and oxygen atoms in total. The fourth-order valence-corrected chi connectivity index (χ4v) is 3.12. The number of nitrogens with one attached hydrogen (secondary N) is 2. The van der Waals surface area contributed by atoms with Gasteiger partial charge in [0.1, 0.15) is 11.5 Å². The van der Waals surface area contributed by atoms with Gasteiger partial charge in [-0.2, -0.15) is 0 Å². The number of rotatable bonds is 9. The summed E-state index contributed by atoms with van der Waals surface area (Å²) in [5.74, 6) is 1.16. The van der Waals surface area contributed by atoms with Crippen molar-refractivity contribution >= 4 is 29.9 Å². The molecule has 0 bridgehead atoms. The molecule has 30 heavy (non-hydrogen) atoms. The Morgan fingerprint density at radius 3 is 2.43 bits per heavy atom. The van der Waals surface area contributed by atoms with Crippen LogP contribution in [-0.4, -0.2) is 37.6 Å². The molecule has 0 saturated heterocycles. The van der Waals surface area contributed by atoms with Gasteiger partial charge in [0.15, 0.2) is 6.61 Å². The Morgan fingerprint density at radius 1 is 1.13 bits per heavy atom. The Labute approximate surface area is 182 Å². The molecule has 0 aromatic heterocycles. The third-order valence-electron chi connectivity index (χ3n) is 5.14. The largest absolute Gasteiger partial charge is 0.497 e. The van der Waals surface area contributed by atoms with Crippen LogP contribution in [0, 0.1) is 5.92 Å². The number of benzene rings is 2. The van der Waals surface area contributed by atoms with Crippen LogP contribution < -0.4 is 25.8 Å². The van der Waals surface area contributed by atoms with E-state index in [4.69, 9.17) is 15.2 Å². The highest BCUT2D eigenvalue weighted by atomic mass is 35.5. The van der Waals surface area contributed by atoms with Crippen LogP contribution in [-0.2, 0) is 4.79 Å². The van der Waals surface area contributed by atoms with Gasteiger partial charge in [-0.25, -0.2) is 0 Å². The van der Waals surface area contributed by atoms with Crippen LogP contribution in [0.4, 0.5) is 5.69 Å². The molecule has 2 aromatic rings. The van der Waals surface area contributed by atoms with Crippen LogP contribution in [0.5, 0.6) is 11.5 Å². The van der Waals surface area contributed by atoms with Crippen LogP contribution in [0.2, 0.25) is 0 Å². The van der Waals surface area contributed by atoms with Crippen LogP contribution >= 0.6 is 12.4 Å². The predicted octanol–water partition coefficient (Wildman–Crippen LogP) is 2.99. The summed E-state index contributed by atoms with van der Waals surface area (Å²) in [6, 6.07) is 13.8. The van der Waals surface area contributed by atoms with E-state index in [0.29, 0.717) is 35.2 Å². The Kier molecular flexibility index (Phi) is 8.08. The van der Waals surface area contributed by atoms with Crippen molar-refractivity contribution in [3.05, 3.63) is 54.1 Å². The number of methoxy groups -OCH3 is 1. The topological polar surface area (TPSA) is 103 Å². The van der Waals surface area contributed by atoms with E-state index in [1.54, 1.807) is 55.6 Å². The molecule has 2 amide bonds. The van der Waals surface area contributed by atoms with Gasteiger partial charge in [0.2, 0.25) is 0 Å². The van der Waals surface area contributed by atoms with E-state index in [0.717, 1.165) is 12.8 Å². The van der Waals surface area contributed by atoms with Gasteiger partial charge in [0.05, 0.1) is 12.6 Å². The lowest BCUT2D eigenvalue weighted by Crippen LogP contribution is -2.53. The van der Waals surface area contributed by atoms with Gasteiger partial charge in [-0.1, -0.05) is 6.07 Å². The van der Waals surface area contributed by atoms with Gasteiger partial charge in [-0.05, 0) is 62.1 Å². The molecule has 1 unspecified atom stereocenters.